The van der Waals surface area contributed by atoms with Crippen molar-refractivity contribution in [2.75, 3.05) is 13.1 Å². The number of benzene rings is 1. The molecule has 4 heteroatoms. The lowest BCUT2D eigenvalue weighted by atomic mass is 10.1. The summed E-state index contributed by atoms with van der Waals surface area (Å²) in [7, 11) is 0. The topological polar surface area (TPSA) is 15.6 Å². The molecule has 0 atom stereocenters. The SMILES string of the molecule is CCC1=C(c2cccc3sccc23)N2CCN=C2S1. The molecule has 0 saturated carbocycles. The van der Waals surface area contributed by atoms with Gasteiger partial charge in [0.1, 0.15) is 0 Å². The summed E-state index contributed by atoms with van der Waals surface area (Å²) in [5, 5.41) is 4.75. The lowest BCUT2D eigenvalue weighted by Crippen LogP contribution is -2.20. The Morgan fingerprint density at radius 1 is 1.32 bits per heavy atom. The molecule has 0 unspecified atom stereocenters. The Morgan fingerprint density at radius 2 is 2.26 bits per heavy atom. The van der Waals surface area contributed by atoms with Crippen LogP contribution in [-0.2, 0) is 0 Å². The maximum atomic E-state index is 4.61. The van der Waals surface area contributed by atoms with Crippen LogP contribution < -0.4 is 0 Å². The molecule has 0 saturated heterocycles. The van der Waals surface area contributed by atoms with Crippen LogP contribution in [0.5, 0.6) is 0 Å². The van der Waals surface area contributed by atoms with Gasteiger partial charge in [0, 0.05) is 27.1 Å². The van der Waals surface area contributed by atoms with E-state index in [4.69, 9.17) is 0 Å². The summed E-state index contributed by atoms with van der Waals surface area (Å²) in [6, 6.07) is 8.87. The predicted octanol–water partition coefficient (Wildman–Crippen LogP) is 4.40. The second kappa shape index (κ2) is 4.39. The van der Waals surface area contributed by atoms with E-state index in [9.17, 15) is 0 Å². The van der Waals surface area contributed by atoms with Gasteiger partial charge < -0.3 is 4.90 Å². The van der Waals surface area contributed by atoms with E-state index in [-0.39, 0.29) is 0 Å². The third kappa shape index (κ3) is 1.66. The van der Waals surface area contributed by atoms with Crippen molar-refractivity contribution in [3.8, 4) is 0 Å². The van der Waals surface area contributed by atoms with Crippen molar-refractivity contribution in [1.82, 2.24) is 4.90 Å². The highest BCUT2D eigenvalue weighted by atomic mass is 32.2. The van der Waals surface area contributed by atoms with Gasteiger partial charge in [-0.25, -0.2) is 0 Å². The van der Waals surface area contributed by atoms with Gasteiger partial charge in [-0.1, -0.05) is 30.8 Å². The standard InChI is InChI=1S/C15H14N2S2/c1-2-12-14(17-8-7-16-15(17)19-12)11-4-3-5-13-10(11)6-9-18-13/h3-6,9H,2,7-8H2,1H3. The molecule has 2 aromatic rings. The zero-order valence-corrected chi connectivity index (χ0v) is 12.4. The molecule has 0 aliphatic carbocycles. The van der Waals surface area contributed by atoms with Crippen LogP contribution in [0.2, 0.25) is 0 Å². The molecular weight excluding hydrogens is 272 g/mol. The number of rotatable bonds is 2. The third-order valence-corrected chi connectivity index (χ3v) is 5.76. The van der Waals surface area contributed by atoms with Crippen molar-refractivity contribution in [1.29, 1.82) is 0 Å². The second-order valence-corrected chi connectivity index (χ2v) is 6.69. The molecule has 0 bridgehead atoms. The van der Waals surface area contributed by atoms with Crippen LogP contribution in [0.4, 0.5) is 0 Å². The number of thioether (sulfide) groups is 1. The zero-order valence-electron chi connectivity index (χ0n) is 10.7. The van der Waals surface area contributed by atoms with Crippen molar-refractivity contribution < 1.29 is 0 Å². The largest absolute Gasteiger partial charge is 0.318 e. The predicted molar refractivity (Wildman–Crippen MR) is 85.6 cm³/mol. The monoisotopic (exact) mass is 286 g/mol. The van der Waals surface area contributed by atoms with Gasteiger partial charge in [0.2, 0.25) is 0 Å². The van der Waals surface area contributed by atoms with E-state index in [1.807, 2.05) is 23.1 Å². The van der Waals surface area contributed by atoms with Gasteiger partial charge in [-0.15, -0.1) is 11.3 Å². The molecule has 0 radical (unpaired) electrons. The van der Waals surface area contributed by atoms with E-state index in [1.165, 1.54) is 31.4 Å². The van der Waals surface area contributed by atoms with Crippen LogP contribution in [0.1, 0.15) is 18.9 Å². The first-order valence-corrected chi connectivity index (χ1v) is 8.27. The number of amidine groups is 1. The van der Waals surface area contributed by atoms with Gasteiger partial charge in [0.25, 0.3) is 0 Å². The summed E-state index contributed by atoms with van der Waals surface area (Å²) < 4.78 is 1.37. The normalized spacial score (nSPS) is 18.4. The number of hydrogen-bond acceptors (Lipinski definition) is 4. The number of aliphatic imine (C=N–C) groups is 1. The van der Waals surface area contributed by atoms with Crippen LogP contribution >= 0.6 is 23.1 Å². The fraction of sp³-hybridized carbons (Fsp3) is 0.267. The number of nitrogens with zero attached hydrogens (tertiary/aromatic N) is 2. The lowest BCUT2D eigenvalue weighted by molar-refractivity contribution is 0.647. The van der Waals surface area contributed by atoms with E-state index in [1.54, 1.807) is 0 Å². The Bertz CT molecular complexity index is 712. The summed E-state index contributed by atoms with van der Waals surface area (Å²) in [5.41, 5.74) is 2.77. The molecule has 4 rings (SSSR count). The zero-order chi connectivity index (χ0) is 12.8. The summed E-state index contributed by atoms with van der Waals surface area (Å²) in [4.78, 5) is 8.46. The quantitative estimate of drug-likeness (QED) is 0.813. The number of allylic oxidation sites excluding steroid dienone is 1. The van der Waals surface area contributed by atoms with Crippen molar-refractivity contribution in [2.45, 2.75) is 13.3 Å². The molecule has 0 fully saturated rings. The number of thiophene rings is 1. The smallest absolute Gasteiger partial charge is 0.168 e. The molecular formula is C15H14N2S2. The van der Waals surface area contributed by atoms with E-state index in [0.29, 0.717) is 0 Å². The first kappa shape index (κ1) is 11.6. The van der Waals surface area contributed by atoms with E-state index < -0.39 is 0 Å². The molecule has 19 heavy (non-hydrogen) atoms. The Balaban J connectivity index is 1.95. The average molecular weight is 286 g/mol. The van der Waals surface area contributed by atoms with Crippen LogP contribution in [-0.4, -0.2) is 23.2 Å². The molecule has 0 spiro atoms. The Hall–Kier alpha value is -1.26. The fourth-order valence-corrected chi connectivity index (χ4v) is 4.71. The average Bonchev–Trinajstić information content (AvgIpc) is 3.12. The molecule has 1 aromatic heterocycles. The summed E-state index contributed by atoms with van der Waals surface area (Å²) in [6.45, 7) is 4.20. The number of hydrogen-bond donors (Lipinski definition) is 0. The Kier molecular flexibility index (Phi) is 2.67. The van der Waals surface area contributed by atoms with Gasteiger partial charge in [-0.3, -0.25) is 4.99 Å². The highest BCUT2D eigenvalue weighted by Crippen LogP contribution is 2.45. The van der Waals surface area contributed by atoms with E-state index in [0.717, 1.165) is 19.5 Å². The third-order valence-electron chi connectivity index (χ3n) is 3.62. The number of fused-ring (bicyclic) bond motifs is 2. The Labute approximate surface area is 120 Å². The molecule has 2 aliphatic heterocycles. The second-order valence-electron chi connectivity index (χ2n) is 4.68. The minimum absolute atomic E-state index is 0.933. The van der Waals surface area contributed by atoms with Crippen molar-refractivity contribution in [3.63, 3.8) is 0 Å². The van der Waals surface area contributed by atoms with Gasteiger partial charge in [0.05, 0.1) is 12.2 Å². The minimum Gasteiger partial charge on any atom is -0.318 e. The first-order valence-electron chi connectivity index (χ1n) is 6.58. The maximum absolute atomic E-state index is 4.61. The van der Waals surface area contributed by atoms with Crippen LogP contribution in [0, 0.1) is 0 Å². The first-order chi connectivity index (χ1) is 9.38. The highest BCUT2D eigenvalue weighted by Gasteiger charge is 2.32. The lowest BCUT2D eigenvalue weighted by Gasteiger charge is -2.18. The van der Waals surface area contributed by atoms with E-state index in [2.05, 4.69) is 46.5 Å². The molecule has 3 heterocycles. The maximum Gasteiger partial charge on any atom is 0.168 e. The fourth-order valence-electron chi connectivity index (χ4n) is 2.77. The molecule has 0 N–H and O–H groups in total. The van der Waals surface area contributed by atoms with Crippen LogP contribution in [0.3, 0.4) is 0 Å². The van der Waals surface area contributed by atoms with Crippen LogP contribution in [0.15, 0.2) is 39.5 Å². The van der Waals surface area contributed by atoms with Crippen molar-refractivity contribution in [3.05, 3.63) is 40.1 Å². The minimum atomic E-state index is 0.933. The summed E-state index contributed by atoms with van der Waals surface area (Å²) >= 11 is 3.67. The Morgan fingerprint density at radius 3 is 3.16 bits per heavy atom. The summed E-state index contributed by atoms with van der Waals surface area (Å²) in [6.07, 6.45) is 1.08. The van der Waals surface area contributed by atoms with Gasteiger partial charge in [-0.05, 0) is 23.9 Å². The van der Waals surface area contributed by atoms with Gasteiger partial charge >= 0.3 is 0 Å². The van der Waals surface area contributed by atoms with E-state index >= 15 is 0 Å². The summed E-state index contributed by atoms with van der Waals surface area (Å²) in [5.74, 6) is 0. The van der Waals surface area contributed by atoms with Gasteiger partial charge in [0.15, 0.2) is 5.17 Å². The molecule has 1 aromatic carbocycles. The highest BCUT2D eigenvalue weighted by molar-refractivity contribution is 8.17. The molecule has 96 valence electrons. The van der Waals surface area contributed by atoms with Crippen molar-refractivity contribution in [2.24, 2.45) is 4.99 Å². The molecule has 2 aliphatic rings. The molecule has 0 amide bonds. The van der Waals surface area contributed by atoms with Crippen molar-refractivity contribution >= 4 is 44.0 Å². The molecule has 2 nitrogen and oxygen atoms in total. The van der Waals surface area contributed by atoms with Crippen LogP contribution in [0.25, 0.3) is 15.8 Å². The van der Waals surface area contributed by atoms with Gasteiger partial charge in [-0.2, -0.15) is 0 Å².